The van der Waals surface area contributed by atoms with Crippen LogP contribution in [0.15, 0.2) is 24.3 Å². The summed E-state index contributed by atoms with van der Waals surface area (Å²) in [5, 5.41) is 6.18. The van der Waals surface area contributed by atoms with Gasteiger partial charge in [-0.25, -0.2) is 5.32 Å². The highest BCUT2D eigenvalue weighted by atomic mass is 16.2. The lowest BCUT2D eigenvalue weighted by molar-refractivity contribution is -0.464. The lowest BCUT2D eigenvalue weighted by atomic mass is 9.95. The van der Waals surface area contributed by atoms with E-state index in [0.29, 0.717) is 0 Å². The van der Waals surface area contributed by atoms with E-state index in [-0.39, 0.29) is 11.3 Å². The monoisotopic (exact) mass is 262 g/mol. The van der Waals surface area contributed by atoms with Gasteiger partial charge < -0.3 is 5.32 Å². The number of nitrogens with one attached hydrogen (secondary N) is 2. The normalized spacial score (nSPS) is 10.8. The smallest absolute Gasteiger partial charge is 0.246 e. The van der Waals surface area contributed by atoms with E-state index in [2.05, 4.69) is 10.6 Å². The molecule has 1 rings (SSSR count). The van der Waals surface area contributed by atoms with Gasteiger partial charge in [0.15, 0.2) is 0 Å². The Balaban J connectivity index is 2.73. The molecule has 19 heavy (non-hydrogen) atoms. The van der Waals surface area contributed by atoms with Gasteiger partial charge in [-0.1, -0.05) is 20.8 Å². The summed E-state index contributed by atoms with van der Waals surface area (Å²) in [7, 11) is 3.97. The molecule has 4 heteroatoms. The summed E-state index contributed by atoms with van der Waals surface area (Å²) in [5.74, 6) is 1.08. The lowest BCUT2D eigenvalue weighted by Crippen LogP contribution is -2.27. The molecule has 0 saturated carbocycles. The van der Waals surface area contributed by atoms with E-state index in [1.807, 2.05) is 70.6 Å². The van der Waals surface area contributed by atoms with E-state index in [1.54, 1.807) is 0 Å². The molecule has 0 radical (unpaired) electrons. The van der Waals surface area contributed by atoms with Gasteiger partial charge in [0, 0.05) is 18.0 Å². The van der Waals surface area contributed by atoms with Gasteiger partial charge in [-0.15, -0.1) is 0 Å². The van der Waals surface area contributed by atoms with Crippen molar-refractivity contribution in [3.05, 3.63) is 24.3 Å². The molecule has 1 aromatic carbocycles. The van der Waals surface area contributed by atoms with E-state index in [0.717, 1.165) is 17.2 Å². The fourth-order valence-electron chi connectivity index (χ4n) is 1.28. The number of nitrogens with zero attached hydrogens (tertiary/aromatic N) is 1. The first-order valence-electron chi connectivity index (χ1n) is 6.39. The van der Waals surface area contributed by atoms with Crippen LogP contribution in [0.3, 0.4) is 0 Å². The summed E-state index contributed by atoms with van der Waals surface area (Å²) in [6.45, 7) is 7.70. The Labute approximate surface area is 115 Å². The number of benzene rings is 1. The van der Waals surface area contributed by atoms with Gasteiger partial charge in [0.05, 0.1) is 14.1 Å². The molecular weight excluding hydrogens is 238 g/mol. The first kappa shape index (κ1) is 15.2. The van der Waals surface area contributed by atoms with E-state index >= 15 is 0 Å². The first-order valence-corrected chi connectivity index (χ1v) is 6.39. The summed E-state index contributed by atoms with van der Waals surface area (Å²) in [5.41, 5.74) is 1.43. The molecule has 0 heterocycles. The lowest BCUT2D eigenvalue weighted by Gasteiger charge is -2.17. The minimum atomic E-state index is -0.383. The minimum Gasteiger partial charge on any atom is -0.326 e. The molecule has 0 aliphatic heterocycles. The Bertz CT molecular complexity index is 477. The highest BCUT2D eigenvalue weighted by Gasteiger charge is 2.21. The van der Waals surface area contributed by atoms with Crippen LogP contribution in [0.1, 0.15) is 27.7 Å². The molecule has 1 aromatic rings. The number of anilines is 2. The summed E-state index contributed by atoms with van der Waals surface area (Å²) in [4.78, 5) is 11.8. The maximum Gasteiger partial charge on any atom is 0.246 e. The van der Waals surface area contributed by atoms with E-state index in [9.17, 15) is 4.79 Å². The zero-order chi connectivity index (χ0) is 14.6. The van der Waals surface area contributed by atoms with Crippen molar-refractivity contribution in [1.29, 1.82) is 0 Å². The largest absolute Gasteiger partial charge is 0.326 e. The van der Waals surface area contributed by atoms with Crippen molar-refractivity contribution in [3.63, 3.8) is 0 Å². The number of carbonyl (C=O) groups is 1. The fraction of sp³-hybridized carbons (Fsp3) is 0.467. The Kier molecular flexibility index (Phi) is 4.70. The maximum atomic E-state index is 11.8. The Morgan fingerprint density at radius 1 is 1.00 bits per heavy atom. The van der Waals surface area contributed by atoms with Crippen molar-refractivity contribution in [2.75, 3.05) is 24.7 Å². The Morgan fingerprint density at radius 2 is 1.42 bits per heavy atom. The van der Waals surface area contributed by atoms with Crippen LogP contribution in [0.4, 0.5) is 11.4 Å². The van der Waals surface area contributed by atoms with Crippen LogP contribution in [-0.2, 0) is 4.79 Å². The van der Waals surface area contributed by atoms with Gasteiger partial charge in [-0.2, -0.15) is 0 Å². The topological polar surface area (TPSA) is 44.1 Å². The molecule has 0 bridgehead atoms. The van der Waals surface area contributed by atoms with Crippen molar-refractivity contribution < 1.29 is 9.37 Å². The molecule has 0 fully saturated rings. The summed E-state index contributed by atoms with van der Waals surface area (Å²) in [6.07, 6.45) is 0. The number of amides is 1. The SMILES string of the molecule is CC(Nc1ccc(NC(=O)C(C)(C)C)cc1)=[N+](C)C. The number of carbonyl (C=O) groups excluding carboxylic acids is 1. The van der Waals surface area contributed by atoms with Crippen molar-refractivity contribution in [2.24, 2.45) is 5.41 Å². The number of amidine groups is 1. The molecular formula is C15H24N3O+. The number of hydrogen-bond acceptors (Lipinski definition) is 1. The Morgan fingerprint density at radius 3 is 1.79 bits per heavy atom. The van der Waals surface area contributed by atoms with Crippen LogP contribution in [0, 0.1) is 5.41 Å². The van der Waals surface area contributed by atoms with Gasteiger partial charge in [0.1, 0.15) is 5.69 Å². The van der Waals surface area contributed by atoms with Crippen LogP contribution < -0.4 is 10.6 Å². The van der Waals surface area contributed by atoms with Crippen LogP contribution in [-0.4, -0.2) is 30.4 Å². The molecule has 4 nitrogen and oxygen atoms in total. The molecule has 104 valence electrons. The second-order valence-corrected chi connectivity index (χ2v) is 5.89. The van der Waals surface area contributed by atoms with Crippen molar-refractivity contribution in [1.82, 2.24) is 0 Å². The minimum absolute atomic E-state index is 0.0178. The van der Waals surface area contributed by atoms with Gasteiger partial charge in [0.2, 0.25) is 11.7 Å². The number of rotatable bonds is 2. The average molecular weight is 262 g/mol. The predicted octanol–water partition coefficient (Wildman–Crippen LogP) is 2.77. The molecule has 0 aliphatic rings. The highest BCUT2D eigenvalue weighted by Crippen LogP contribution is 2.18. The highest BCUT2D eigenvalue weighted by molar-refractivity contribution is 5.95. The average Bonchev–Trinajstić information content (AvgIpc) is 2.30. The van der Waals surface area contributed by atoms with Gasteiger partial charge in [-0.05, 0) is 24.3 Å². The molecule has 0 spiro atoms. The van der Waals surface area contributed by atoms with Crippen molar-refractivity contribution in [3.8, 4) is 0 Å². The fourth-order valence-corrected chi connectivity index (χ4v) is 1.28. The van der Waals surface area contributed by atoms with Crippen LogP contribution in [0.25, 0.3) is 0 Å². The molecule has 0 aromatic heterocycles. The second-order valence-electron chi connectivity index (χ2n) is 5.89. The first-order chi connectivity index (χ1) is 8.70. The molecule has 0 unspecified atom stereocenters. The zero-order valence-corrected chi connectivity index (χ0v) is 12.7. The van der Waals surface area contributed by atoms with Crippen molar-refractivity contribution >= 4 is 23.1 Å². The molecule has 0 aliphatic carbocycles. The zero-order valence-electron chi connectivity index (χ0n) is 12.7. The van der Waals surface area contributed by atoms with E-state index < -0.39 is 0 Å². The van der Waals surface area contributed by atoms with Crippen LogP contribution in [0.5, 0.6) is 0 Å². The number of hydrogen-bond donors (Lipinski definition) is 2. The molecule has 2 N–H and O–H groups in total. The van der Waals surface area contributed by atoms with Crippen LogP contribution in [0.2, 0.25) is 0 Å². The standard InChI is InChI=1S/C15H23N3O/c1-11(18(5)6)16-12-7-9-13(10-8-12)17-14(19)15(2,3)4/h7-10H,1-6H3,(H,17,19)/p+1. The second kappa shape index (κ2) is 5.87. The molecule has 0 saturated heterocycles. The third-order valence-corrected chi connectivity index (χ3v) is 2.82. The van der Waals surface area contributed by atoms with Gasteiger partial charge in [-0.3, -0.25) is 9.37 Å². The summed E-state index contributed by atoms with van der Waals surface area (Å²) < 4.78 is 2.01. The van der Waals surface area contributed by atoms with Crippen LogP contribution >= 0.6 is 0 Å². The predicted molar refractivity (Wildman–Crippen MR) is 80.9 cm³/mol. The molecule has 1 amide bonds. The van der Waals surface area contributed by atoms with Crippen molar-refractivity contribution in [2.45, 2.75) is 27.7 Å². The molecule has 0 atom stereocenters. The maximum absolute atomic E-state index is 11.8. The van der Waals surface area contributed by atoms with Gasteiger partial charge >= 0.3 is 0 Å². The quantitative estimate of drug-likeness (QED) is 0.489. The summed E-state index contributed by atoms with van der Waals surface area (Å²) >= 11 is 0. The van der Waals surface area contributed by atoms with Gasteiger partial charge in [0.25, 0.3) is 0 Å². The Hall–Kier alpha value is -1.84. The third-order valence-electron chi connectivity index (χ3n) is 2.82. The van der Waals surface area contributed by atoms with E-state index in [1.165, 1.54) is 0 Å². The third kappa shape index (κ3) is 4.73. The summed E-state index contributed by atoms with van der Waals surface area (Å²) in [6, 6.07) is 7.69. The van der Waals surface area contributed by atoms with E-state index in [4.69, 9.17) is 0 Å².